The summed E-state index contributed by atoms with van der Waals surface area (Å²) in [6.07, 6.45) is 2.40. The number of rotatable bonds is 3. The largest absolute Gasteiger partial charge is 0.493 e. The minimum atomic E-state index is -0.120. The van der Waals surface area contributed by atoms with E-state index in [1.807, 2.05) is 6.07 Å². The Labute approximate surface area is 156 Å². The Balaban J connectivity index is 2.05. The van der Waals surface area contributed by atoms with E-state index in [1.165, 1.54) is 36.6 Å². The van der Waals surface area contributed by atoms with Gasteiger partial charge in [0.1, 0.15) is 0 Å². The number of hydrogen-bond acceptors (Lipinski definition) is 3. The van der Waals surface area contributed by atoms with Crippen LogP contribution >= 0.6 is 0 Å². The minimum absolute atomic E-state index is 0.120. The summed E-state index contributed by atoms with van der Waals surface area (Å²) >= 11 is 0. The number of aryl methyl sites for hydroxylation is 1. The van der Waals surface area contributed by atoms with Crippen LogP contribution in [-0.2, 0) is 10.8 Å². The molecule has 3 rings (SSSR count). The van der Waals surface area contributed by atoms with Gasteiger partial charge in [0.05, 0.1) is 7.11 Å². The van der Waals surface area contributed by atoms with Crippen molar-refractivity contribution < 1.29 is 4.74 Å². The maximum absolute atomic E-state index is 11.9. The third-order valence-corrected chi connectivity index (χ3v) is 5.77. The van der Waals surface area contributed by atoms with Gasteiger partial charge >= 0.3 is 0 Å². The fraction of sp³-hybridized carbons (Fsp3) is 0.435. The predicted octanol–water partition coefficient (Wildman–Crippen LogP) is 5.46. The Hall–Kier alpha value is -2.29. The molecule has 0 aromatic heterocycles. The summed E-state index contributed by atoms with van der Waals surface area (Å²) < 4.78 is 5.12. The SMILES string of the molecule is COc1ccc(Nc2cc3c(cc2C)C(C)(C)CCC3(C)C)ccc1=O. The Morgan fingerprint density at radius 3 is 2.12 bits per heavy atom. The molecule has 0 bridgehead atoms. The van der Waals surface area contributed by atoms with Crippen LogP contribution in [0.2, 0.25) is 0 Å². The second-order valence-electron chi connectivity index (χ2n) is 8.66. The first-order valence-corrected chi connectivity index (χ1v) is 9.25. The van der Waals surface area contributed by atoms with Crippen LogP contribution in [0, 0.1) is 6.92 Å². The maximum Gasteiger partial charge on any atom is 0.220 e. The smallest absolute Gasteiger partial charge is 0.220 e. The van der Waals surface area contributed by atoms with Crippen LogP contribution in [0.15, 0.2) is 41.2 Å². The molecule has 26 heavy (non-hydrogen) atoms. The molecule has 0 saturated heterocycles. The minimum Gasteiger partial charge on any atom is -0.493 e. The van der Waals surface area contributed by atoms with Crippen LogP contribution in [0.1, 0.15) is 57.2 Å². The first-order valence-electron chi connectivity index (χ1n) is 9.25. The van der Waals surface area contributed by atoms with Gasteiger partial charge in [0.15, 0.2) is 5.75 Å². The standard InChI is InChI=1S/C23H29NO2/c1-15-13-17-18(23(4,5)12-11-22(17,2)3)14-19(15)24-16-7-9-20(25)21(26-6)10-8-16/h7-10,13-14,24H,11-12H2,1-6H3. The molecule has 1 aliphatic carbocycles. The Bertz CT molecular complexity index is 897. The van der Waals surface area contributed by atoms with E-state index in [-0.39, 0.29) is 16.3 Å². The third kappa shape index (κ3) is 3.35. The fourth-order valence-electron chi connectivity index (χ4n) is 3.82. The van der Waals surface area contributed by atoms with E-state index >= 15 is 0 Å². The molecule has 0 spiro atoms. The lowest BCUT2D eigenvalue weighted by molar-refractivity contribution is 0.332. The third-order valence-electron chi connectivity index (χ3n) is 5.77. The van der Waals surface area contributed by atoms with Crippen molar-refractivity contribution in [2.45, 2.75) is 58.3 Å². The highest BCUT2D eigenvalue weighted by molar-refractivity contribution is 5.66. The van der Waals surface area contributed by atoms with Crippen molar-refractivity contribution in [3.63, 3.8) is 0 Å². The van der Waals surface area contributed by atoms with Gasteiger partial charge in [-0.05, 0) is 77.6 Å². The molecule has 3 nitrogen and oxygen atoms in total. The molecule has 0 atom stereocenters. The summed E-state index contributed by atoms with van der Waals surface area (Å²) in [6, 6.07) is 11.6. The number of nitrogens with one attached hydrogen (secondary N) is 1. The summed E-state index contributed by atoms with van der Waals surface area (Å²) in [7, 11) is 1.52. The molecule has 0 unspecified atom stereocenters. The number of benzene rings is 1. The zero-order valence-electron chi connectivity index (χ0n) is 16.7. The Morgan fingerprint density at radius 2 is 1.50 bits per heavy atom. The molecule has 2 aromatic rings. The molecule has 0 aliphatic heterocycles. The topological polar surface area (TPSA) is 38.3 Å². The zero-order chi connectivity index (χ0) is 19.1. The highest BCUT2D eigenvalue weighted by Crippen LogP contribution is 2.47. The van der Waals surface area contributed by atoms with Crippen LogP contribution in [0.3, 0.4) is 0 Å². The van der Waals surface area contributed by atoms with Crippen LogP contribution in [0.4, 0.5) is 11.4 Å². The molecule has 0 heterocycles. The van der Waals surface area contributed by atoms with Gasteiger partial charge in [0.2, 0.25) is 5.43 Å². The van der Waals surface area contributed by atoms with E-state index in [0.717, 1.165) is 11.4 Å². The summed E-state index contributed by atoms with van der Waals surface area (Å²) in [5.41, 5.74) is 6.32. The van der Waals surface area contributed by atoms with Gasteiger partial charge in [-0.25, -0.2) is 0 Å². The van der Waals surface area contributed by atoms with Gasteiger partial charge in [0.25, 0.3) is 0 Å². The van der Waals surface area contributed by atoms with Crippen molar-refractivity contribution in [1.29, 1.82) is 0 Å². The molecule has 2 aromatic carbocycles. The van der Waals surface area contributed by atoms with E-state index < -0.39 is 0 Å². The van der Waals surface area contributed by atoms with Crippen molar-refractivity contribution in [2.75, 3.05) is 12.4 Å². The second kappa shape index (κ2) is 6.46. The zero-order valence-corrected chi connectivity index (χ0v) is 16.7. The first-order chi connectivity index (χ1) is 12.1. The molecule has 138 valence electrons. The van der Waals surface area contributed by atoms with Gasteiger partial charge in [-0.15, -0.1) is 0 Å². The summed E-state index contributed by atoms with van der Waals surface area (Å²) in [4.78, 5) is 11.9. The molecule has 1 aliphatic rings. The number of anilines is 2. The lowest BCUT2D eigenvalue weighted by Gasteiger charge is -2.42. The maximum atomic E-state index is 11.9. The molecule has 0 saturated carbocycles. The van der Waals surface area contributed by atoms with Crippen molar-refractivity contribution in [3.05, 3.63) is 63.3 Å². The first kappa shape index (κ1) is 18.5. The van der Waals surface area contributed by atoms with E-state index in [9.17, 15) is 4.79 Å². The average Bonchev–Trinajstić information content (AvgIpc) is 2.75. The Morgan fingerprint density at radius 1 is 0.923 bits per heavy atom. The quantitative estimate of drug-likeness (QED) is 0.798. The lowest BCUT2D eigenvalue weighted by Crippen LogP contribution is -2.34. The number of methoxy groups -OCH3 is 1. The van der Waals surface area contributed by atoms with Gasteiger partial charge in [-0.3, -0.25) is 4.79 Å². The summed E-state index contributed by atoms with van der Waals surface area (Å²) in [5, 5.41) is 3.49. The molecular formula is C23H29NO2. The van der Waals surface area contributed by atoms with Gasteiger partial charge < -0.3 is 10.1 Å². The molecule has 0 amide bonds. The molecule has 0 fully saturated rings. The molecule has 3 heteroatoms. The normalized spacial score (nSPS) is 17.3. The summed E-state index contributed by atoms with van der Waals surface area (Å²) in [5.74, 6) is 0.350. The summed E-state index contributed by atoms with van der Waals surface area (Å²) in [6.45, 7) is 11.5. The number of fused-ring (bicyclic) bond motifs is 1. The molecule has 0 radical (unpaired) electrons. The highest BCUT2D eigenvalue weighted by atomic mass is 16.5. The molecule has 1 N–H and O–H groups in total. The second-order valence-corrected chi connectivity index (χ2v) is 8.66. The fourth-order valence-corrected chi connectivity index (χ4v) is 3.82. The predicted molar refractivity (Wildman–Crippen MR) is 109 cm³/mol. The van der Waals surface area contributed by atoms with Crippen molar-refractivity contribution in [3.8, 4) is 5.75 Å². The van der Waals surface area contributed by atoms with Crippen molar-refractivity contribution in [1.82, 2.24) is 0 Å². The van der Waals surface area contributed by atoms with Crippen LogP contribution in [0.5, 0.6) is 5.75 Å². The van der Waals surface area contributed by atoms with Crippen LogP contribution in [0.25, 0.3) is 0 Å². The van der Waals surface area contributed by atoms with Crippen LogP contribution < -0.4 is 15.5 Å². The average molecular weight is 351 g/mol. The van der Waals surface area contributed by atoms with E-state index in [2.05, 4.69) is 52.1 Å². The molecular weight excluding hydrogens is 322 g/mol. The van der Waals surface area contributed by atoms with Gasteiger partial charge in [-0.2, -0.15) is 0 Å². The van der Waals surface area contributed by atoms with Crippen molar-refractivity contribution in [2.24, 2.45) is 0 Å². The van der Waals surface area contributed by atoms with E-state index in [4.69, 9.17) is 4.74 Å². The number of ether oxygens (including phenoxy) is 1. The Kier molecular flexibility index (Phi) is 4.60. The van der Waals surface area contributed by atoms with Gasteiger partial charge in [-0.1, -0.05) is 33.8 Å². The van der Waals surface area contributed by atoms with Crippen LogP contribution in [-0.4, -0.2) is 7.11 Å². The van der Waals surface area contributed by atoms with Gasteiger partial charge in [0, 0.05) is 11.4 Å². The van der Waals surface area contributed by atoms with E-state index in [0.29, 0.717) is 5.75 Å². The number of hydrogen-bond donors (Lipinski definition) is 1. The monoisotopic (exact) mass is 351 g/mol. The van der Waals surface area contributed by atoms with Crippen molar-refractivity contribution >= 4 is 11.4 Å². The lowest BCUT2D eigenvalue weighted by atomic mass is 9.63. The highest BCUT2D eigenvalue weighted by Gasteiger charge is 2.37. The van der Waals surface area contributed by atoms with E-state index in [1.54, 1.807) is 18.2 Å².